The first kappa shape index (κ1) is 7.55. The lowest BCUT2D eigenvalue weighted by Crippen LogP contribution is -2.24. The maximum absolute atomic E-state index is 4.93. The van der Waals surface area contributed by atoms with E-state index in [-0.39, 0.29) is 0 Å². The van der Waals surface area contributed by atoms with Crippen molar-refractivity contribution in [3.05, 3.63) is 0 Å². The summed E-state index contributed by atoms with van der Waals surface area (Å²) < 4.78 is 0.618. The van der Waals surface area contributed by atoms with E-state index in [1.807, 2.05) is 6.26 Å². The molecule has 0 aliphatic rings. The smallest absolute Gasteiger partial charge is 0.158 e. The van der Waals surface area contributed by atoms with Crippen LogP contribution in [0.4, 0.5) is 0 Å². The van der Waals surface area contributed by atoms with Crippen molar-refractivity contribution in [2.24, 2.45) is 5.84 Å². The molecule has 0 rings (SSSR count). The van der Waals surface area contributed by atoms with Crippen molar-refractivity contribution >= 4 is 38.1 Å². The predicted molar refractivity (Wildman–Crippen MR) is 41.0 cm³/mol. The lowest BCUT2D eigenvalue weighted by molar-refractivity contribution is 1.07. The van der Waals surface area contributed by atoms with E-state index >= 15 is 0 Å². The molecular formula is C2H6N2S3. The fourth-order valence-electron chi connectivity index (χ4n) is 0.0997. The van der Waals surface area contributed by atoms with Gasteiger partial charge in [0.15, 0.2) is 4.32 Å². The van der Waals surface area contributed by atoms with E-state index in [1.54, 1.807) is 10.8 Å². The van der Waals surface area contributed by atoms with Gasteiger partial charge in [0.1, 0.15) is 0 Å². The molecule has 0 aromatic rings. The first-order chi connectivity index (χ1) is 3.31. The van der Waals surface area contributed by atoms with Gasteiger partial charge in [0.05, 0.1) is 0 Å². The zero-order valence-corrected chi connectivity index (χ0v) is 6.25. The highest BCUT2D eigenvalue weighted by Gasteiger charge is 1.86. The third kappa shape index (κ3) is 4.40. The van der Waals surface area contributed by atoms with Crippen molar-refractivity contribution < 1.29 is 0 Å². The normalized spacial score (nSPS) is 8.29. The van der Waals surface area contributed by atoms with Crippen LogP contribution < -0.4 is 11.3 Å². The predicted octanol–water partition coefficient (Wildman–Crippen LogP) is 0.746. The fourth-order valence-corrected chi connectivity index (χ4v) is 1.51. The lowest BCUT2D eigenvalue weighted by atomic mass is 11.5. The van der Waals surface area contributed by atoms with Gasteiger partial charge in [0.2, 0.25) is 0 Å². The van der Waals surface area contributed by atoms with Crippen LogP contribution in [0.3, 0.4) is 0 Å². The monoisotopic (exact) mass is 154 g/mol. The Kier molecular flexibility index (Phi) is 5.07. The molecule has 0 radical (unpaired) electrons. The van der Waals surface area contributed by atoms with E-state index in [0.29, 0.717) is 4.32 Å². The Morgan fingerprint density at radius 1 is 1.86 bits per heavy atom. The average molecular weight is 154 g/mol. The van der Waals surface area contributed by atoms with Gasteiger partial charge < -0.3 is 5.43 Å². The molecule has 5 heteroatoms. The molecule has 42 valence electrons. The van der Waals surface area contributed by atoms with Gasteiger partial charge in [-0.15, -0.1) is 0 Å². The Morgan fingerprint density at radius 2 is 2.43 bits per heavy atom. The van der Waals surface area contributed by atoms with Crippen LogP contribution in [0, 0.1) is 0 Å². The van der Waals surface area contributed by atoms with Crippen LogP contribution in [-0.4, -0.2) is 10.6 Å². The minimum atomic E-state index is 0.618. The molecule has 0 heterocycles. The largest absolute Gasteiger partial charge is 0.309 e. The summed E-state index contributed by atoms with van der Waals surface area (Å²) in [4.78, 5) is 0. The van der Waals surface area contributed by atoms with E-state index in [2.05, 4.69) is 17.6 Å². The molecule has 0 aliphatic heterocycles. The second-order valence-corrected chi connectivity index (χ2v) is 3.76. The molecule has 0 aliphatic carbocycles. The van der Waals surface area contributed by atoms with E-state index < -0.39 is 0 Å². The first-order valence-electron chi connectivity index (χ1n) is 1.52. The van der Waals surface area contributed by atoms with Gasteiger partial charge in [-0.05, 0) is 17.0 Å². The number of hydrogen-bond donors (Lipinski definition) is 2. The van der Waals surface area contributed by atoms with Crippen molar-refractivity contribution in [1.29, 1.82) is 0 Å². The van der Waals surface area contributed by atoms with Crippen LogP contribution in [0.15, 0.2) is 0 Å². The number of hydrazine groups is 1. The van der Waals surface area contributed by atoms with Crippen molar-refractivity contribution in [3.63, 3.8) is 0 Å². The average Bonchev–Trinajstić information content (AvgIpc) is 1.68. The van der Waals surface area contributed by atoms with E-state index in [1.165, 1.54) is 10.8 Å². The molecule has 0 spiro atoms. The molecule has 0 aromatic carbocycles. The molecule has 0 amide bonds. The summed E-state index contributed by atoms with van der Waals surface area (Å²) in [6, 6.07) is 0. The fraction of sp³-hybridized carbons (Fsp3) is 0.500. The number of hydrogen-bond acceptors (Lipinski definition) is 4. The Morgan fingerprint density at radius 3 is 2.57 bits per heavy atom. The molecule has 0 saturated heterocycles. The summed E-state index contributed by atoms with van der Waals surface area (Å²) >= 11 is 4.66. The number of thiocarbonyl (C=S) groups is 1. The minimum absolute atomic E-state index is 0.618. The van der Waals surface area contributed by atoms with Crippen LogP contribution in [-0.2, 0) is 0 Å². The first-order valence-corrected chi connectivity index (χ1v) is 4.49. The lowest BCUT2D eigenvalue weighted by Gasteiger charge is -1.94. The third-order valence-corrected chi connectivity index (χ3v) is 2.40. The van der Waals surface area contributed by atoms with E-state index in [0.717, 1.165) is 0 Å². The van der Waals surface area contributed by atoms with Gasteiger partial charge in [-0.1, -0.05) is 23.0 Å². The van der Waals surface area contributed by atoms with Crippen LogP contribution in [0.25, 0.3) is 0 Å². The quantitative estimate of drug-likeness (QED) is 0.252. The third-order valence-electron chi connectivity index (χ3n) is 0.277. The van der Waals surface area contributed by atoms with Crippen LogP contribution in [0.2, 0.25) is 0 Å². The van der Waals surface area contributed by atoms with E-state index in [9.17, 15) is 0 Å². The number of nitrogens with one attached hydrogen (secondary N) is 1. The Bertz CT molecular complexity index is 64.0. The van der Waals surface area contributed by atoms with Crippen LogP contribution in [0.1, 0.15) is 0 Å². The van der Waals surface area contributed by atoms with Crippen LogP contribution in [0.5, 0.6) is 0 Å². The van der Waals surface area contributed by atoms with Gasteiger partial charge in [-0.3, -0.25) is 0 Å². The maximum Gasteiger partial charge on any atom is 0.158 e. The molecule has 0 atom stereocenters. The number of rotatable bonds is 1. The number of nitrogens with two attached hydrogens (primary N) is 1. The summed E-state index contributed by atoms with van der Waals surface area (Å²) in [7, 11) is 3.01. The van der Waals surface area contributed by atoms with Gasteiger partial charge in [-0.25, -0.2) is 5.84 Å². The van der Waals surface area contributed by atoms with E-state index in [4.69, 9.17) is 5.84 Å². The Labute approximate surface area is 56.0 Å². The molecular weight excluding hydrogens is 148 g/mol. The Hall–Kier alpha value is 0.550. The van der Waals surface area contributed by atoms with Gasteiger partial charge in [0.25, 0.3) is 0 Å². The highest BCUT2D eigenvalue weighted by molar-refractivity contribution is 8.83. The maximum atomic E-state index is 4.93. The second kappa shape index (κ2) is 4.70. The van der Waals surface area contributed by atoms with Crippen molar-refractivity contribution in [3.8, 4) is 0 Å². The standard InChI is InChI=1S/C2H6N2S3/c1-6-7-2(5)4-3/h3H2,1H3,(H,4,5). The molecule has 0 aromatic heterocycles. The summed E-state index contributed by atoms with van der Waals surface area (Å²) in [6.07, 6.45) is 1.94. The molecule has 2 nitrogen and oxygen atoms in total. The summed E-state index contributed by atoms with van der Waals surface area (Å²) in [5, 5.41) is 0. The molecule has 0 bridgehead atoms. The summed E-state index contributed by atoms with van der Waals surface area (Å²) in [5.74, 6) is 4.93. The van der Waals surface area contributed by atoms with Crippen LogP contribution >= 0.6 is 33.8 Å². The van der Waals surface area contributed by atoms with Gasteiger partial charge in [-0.2, -0.15) is 0 Å². The van der Waals surface area contributed by atoms with Gasteiger partial charge >= 0.3 is 0 Å². The Balaban J connectivity index is 3.00. The van der Waals surface area contributed by atoms with Crippen molar-refractivity contribution in [2.45, 2.75) is 0 Å². The SMILES string of the molecule is CSSC(=S)NN. The molecule has 7 heavy (non-hydrogen) atoms. The molecule has 3 N–H and O–H groups in total. The summed E-state index contributed by atoms with van der Waals surface area (Å²) in [6.45, 7) is 0. The van der Waals surface area contributed by atoms with Crippen molar-refractivity contribution in [1.82, 2.24) is 5.43 Å². The zero-order valence-electron chi connectivity index (χ0n) is 3.80. The van der Waals surface area contributed by atoms with Gasteiger partial charge in [0, 0.05) is 0 Å². The topological polar surface area (TPSA) is 38.0 Å². The molecule has 0 fully saturated rings. The molecule has 0 unspecified atom stereocenters. The molecule has 0 saturated carbocycles. The second-order valence-electron chi connectivity index (χ2n) is 0.682. The zero-order chi connectivity index (χ0) is 5.70. The highest BCUT2D eigenvalue weighted by atomic mass is 33.1. The van der Waals surface area contributed by atoms with Crippen molar-refractivity contribution in [2.75, 3.05) is 6.26 Å². The highest BCUT2D eigenvalue weighted by Crippen LogP contribution is 2.16. The minimum Gasteiger partial charge on any atom is -0.309 e. The summed E-state index contributed by atoms with van der Waals surface area (Å²) in [5.41, 5.74) is 2.34.